The molecule has 0 aliphatic carbocycles. The van der Waals surface area contributed by atoms with Crippen molar-refractivity contribution in [3.63, 3.8) is 0 Å². The summed E-state index contributed by atoms with van der Waals surface area (Å²) in [6, 6.07) is 16.5. The van der Waals surface area contributed by atoms with Gasteiger partial charge in [-0.2, -0.15) is 0 Å². The zero-order chi connectivity index (χ0) is 15.9. The van der Waals surface area contributed by atoms with Crippen LogP contribution in [0.15, 0.2) is 54.6 Å². The van der Waals surface area contributed by atoms with Crippen molar-refractivity contribution in [3.8, 4) is 5.75 Å². The van der Waals surface area contributed by atoms with Crippen molar-refractivity contribution in [1.29, 1.82) is 0 Å². The van der Waals surface area contributed by atoms with Crippen LogP contribution in [0.1, 0.15) is 24.1 Å². The predicted octanol–water partition coefficient (Wildman–Crippen LogP) is 2.58. The molecule has 0 aromatic heterocycles. The maximum Gasteiger partial charge on any atom is 0.241 e. The van der Waals surface area contributed by atoms with E-state index in [1.54, 1.807) is 0 Å². The Kier molecular flexibility index (Phi) is 5.55. The largest absolute Gasteiger partial charge is 0.489 e. The minimum absolute atomic E-state index is 0.131. The van der Waals surface area contributed by atoms with Crippen molar-refractivity contribution in [2.75, 3.05) is 6.54 Å². The lowest BCUT2D eigenvalue weighted by Crippen LogP contribution is -2.39. The van der Waals surface area contributed by atoms with E-state index in [1.165, 1.54) is 0 Å². The van der Waals surface area contributed by atoms with Crippen molar-refractivity contribution in [2.24, 2.45) is 5.73 Å². The summed E-state index contributed by atoms with van der Waals surface area (Å²) in [5, 5.41) is 2.83. The molecule has 2 unspecified atom stereocenters. The van der Waals surface area contributed by atoms with Crippen LogP contribution in [0.25, 0.3) is 0 Å². The highest BCUT2D eigenvalue weighted by Crippen LogP contribution is 2.17. The van der Waals surface area contributed by atoms with Gasteiger partial charge in [0.15, 0.2) is 0 Å². The molecule has 4 nitrogen and oxygen atoms in total. The van der Waals surface area contributed by atoms with Crippen molar-refractivity contribution < 1.29 is 9.53 Å². The third-order valence-corrected chi connectivity index (χ3v) is 3.43. The van der Waals surface area contributed by atoms with Crippen LogP contribution in [-0.2, 0) is 4.79 Å². The molecule has 0 aliphatic rings. The molecule has 0 bridgehead atoms. The summed E-state index contributed by atoms with van der Waals surface area (Å²) in [4.78, 5) is 12.1. The van der Waals surface area contributed by atoms with Gasteiger partial charge in [-0.25, -0.2) is 0 Å². The third-order valence-electron chi connectivity index (χ3n) is 3.43. The summed E-state index contributed by atoms with van der Waals surface area (Å²) >= 11 is 0. The summed E-state index contributed by atoms with van der Waals surface area (Å²) < 4.78 is 5.83. The van der Waals surface area contributed by atoms with Crippen LogP contribution < -0.4 is 15.8 Å². The molecule has 0 saturated carbocycles. The normalized spacial score (nSPS) is 13.2. The maximum atomic E-state index is 12.1. The number of aryl methyl sites for hydroxylation is 1. The van der Waals surface area contributed by atoms with E-state index in [4.69, 9.17) is 10.5 Å². The minimum atomic E-state index is -0.660. The molecule has 0 spiro atoms. The molecule has 4 heteroatoms. The Bertz CT molecular complexity index is 613. The van der Waals surface area contributed by atoms with E-state index >= 15 is 0 Å². The number of hydrogen-bond donors (Lipinski definition) is 2. The first-order valence-electron chi connectivity index (χ1n) is 7.38. The zero-order valence-corrected chi connectivity index (χ0v) is 13.0. The number of nitrogens with one attached hydrogen (secondary N) is 1. The van der Waals surface area contributed by atoms with Gasteiger partial charge in [0.2, 0.25) is 5.91 Å². The lowest BCUT2D eigenvalue weighted by Gasteiger charge is -2.18. The molecule has 1 amide bonds. The van der Waals surface area contributed by atoms with Crippen molar-refractivity contribution in [1.82, 2.24) is 5.32 Å². The topological polar surface area (TPSA) is 64.3 Å². The first kappa shape index (κ1) is 16.0. The fourth-order valence-electron chi connectivity index (χ4n) is 2.11. The third kappa shape index (κ3) is 4.33. The van der Waals surface area contributed by atoms with Gasteiger partial charge in [0.05, 0.1) is 6.54 Å². The van der Waals surface area contributed by atoms with E-state index in [1.807, 2.05) is 68.4 Å². The second kappa shape index (κ2) is 7.61. The van der Waals surface area contributed by atoms with Crippen molar-refractivity contribution in [3.05, 3.63) is 65.7 Å². The molecule has 0 heterocycles. The molecular weight excluding hydrogens is 276 g/mol. The van der Waals surface area contributed by atoms with E-state index in [0.717, 1.165) is 16.9 Å². The molecule has 2 aromatic rings. The van der Waals surface area contributed by atoms with Crippen LogP contribution in [0.2, 0.25) is 0 Å². The Balaban J connectivity index is 1.84. The molecule has 2 atom stereocenters. The zero-order valence-electron chi connectivity index (χ0n) is 13.0. The highest BCUT2D eigenvalue weighted by atomic mass is 16.5. The highest BCUT2D eigenvalue weighted by molar-refractivity contribution is 5.82. The number of rotatable bonds is 6. The lowest BCUT2D eigenvalue weighted by molar-refractivity contribution is -0.122. The molecule has 2 rings (SSSR count). The summed E-state index contributed by atoms with van der Waals surface area (Å²) in [6.45, 7) is 4.32. The second-order valence-electron chi connectivity index (χ2n) is 5.33. The van der Waals surface area contributed by atoms with Gasteiger partial charge < -0.3 is 15.8 Å². The number of carbonyl (C=O) groups is 1. The fourth-order valence-corrected chi connectivity index (χ4v) is 2.11. The molecule has 3 N–H and O–H groups in total. The minimum Gasteiger partial charge on any atom is -0.489 e. The van der Waals surface area contributed by atoms with Crippen LogP contribution in [0.3, 0.4) is 0 Å². The smallest absolute Gasteiger partial charge is 0.241 e. The van der Waals surface area contributed by atoms with Gasteiger partial charge in [-0.05, 0) is 31.0 Å². The van der Waals surface area contributed by atoms with Crippen LogP contribution in [-0.4, -0.2) is 18.6 Å². The quantitative estimate of drug-likeness (QED) is 0.861. The summed E-state index contributed by atoms with van der Waals surface area (Å²) in [5.41, 5.74) is 7.82. The number of benzene rings is 2. The molecule has 2 aromatic carbocycles. The average molecular weight is 298 g/mol. The van der Waals surface area contributed by atoms with E-state index in [2.05, 4.69) is 5.32 Å². The number of carbonyl (C=O) groups excluding carboxylic acids is 1. The van der Waals surface area contributed by atoms with E-state index < -0.39 is 6.04 Å². The molecule has 22 heavy (non-hydrogen) atoms. The predicted molar refractivity (Wildman–Crippen MR) is 87.6 cm³/mol. The van der Waals surface area contributed by atoms with Crippen LogP contribution in [0.5, 0.6) is 5.75 Å². The fraction of sp³-hybridized carbons (Fsp3) is 0.278. The van der Waals surface area contributed by atoms with Gasteiger partial charge in [0.1, 0.15) is 17.9 Å². The first-order valence-corrected chi connectivity index (χ1v) is 7.38. The average Bonchev–Trinajstić information content (AvgIpc) is 2.55. The van der Waals surface area contributed by atoms with Gasteiger partial charge in [0.25, 0.3) is 0 Å². The second-order valence-corrected chi connectivity index (χ2v) is 5.33. The lowest BCUT2D eigenvalue weighted by atomic mass is 10.1. The Morgan fingerprint density at radius 1 is 1.14 bits per heavy atom. The number of amides is 1. The number of nitrogens with two attached hydrogens (primary N) is 1. The monoisotopic (exact) mass is 298 g/mol. The number of ether oxygens (including phenoxy) is 1. The molecule has 0 fully saturated rings. The molecule has 0 saturated heterocycles. The summed E-state index contributed by atoms with van der Waals surface area (Å²) in [7, 11) is 0. The van der Waals surface area contributed by atoms with Gasteiger partial charge in [-0.15, -0.1) is 0 Å². The molecule has 0 aliphatic heterocycles. The molecular formula is C18H22N2O2. The van der Waals surface area contributed by atoms with Crippen molar-refractivity contribution in [2.45, 2.75) is 26.0 Å². The van der Waals surface area contributed by atoms with Gasteiger partial charge >= 0.3 is 0 Å². The molecule has 116 valence electrons. The summed E-state index contributed by atoms with van der Waals surface area (Å²) in [5.74, 6) is 0.628. The summed E-state index contributed by atoms with van der Waals surface area (Å²) in [6.07, 6.45) is -0.131. The van der Waals surface area contributed by atoms with E-state index in [9.17, 15) is 4.79 Å². The van der Waals surface area contributed by atoms with Gasteiger partial charge in [0, 0.05) is 0 Å². The Labute approximate surface area is 131 Å². The SMILES string of the molecule is Cc1ccccc1OC(C)CNC(=O)C(N)c1ccccc1. The Morgan fingerprint density at radius 3 is 2.45 bits per heavy atom. The Hall–Kier alpha value is -2.33. The van der Waals surface area contributed by atoms with E-state index in [0.29, 0.717) is 6.54 Å². The Morgan fingerprint density at radius 2 is 1.77 bits per heavy atom. The first-order chi connectivity index (χ1) is 10.6. The standard InChI is InChI=1S/C18H22N2O2/c1-13-8-6-7-11-16(13)22-14(2)12-20-18(21)17(19)15-9-4-3-5-10-15/h3-11,14,17H,12,19H2,1-2H3,(H,20,21). The van der Waals surface area contributed by atoms with Crippen LogP contribution in [0, 0.1) is 6.92 Å². The van der Waals surface area contributed by atoms with Gasteiger partial charge in [-0.1, -0.05) is 48.5 Å². The maximum absolute atomic E-state index is 12.1. The van der Waals surface area contributed by atoms with Gasteiger partial charge in [-0.3, -0.25) is 4.79 Å². The number of hydrogen-bond acceptors (Lipinski definition) is 3. The van der Waals surface area contributed by atoms with Crippen molar-refractivity contribution >= 4 is 5.91 Å². The van der Waals surface area contributed by atoms with Crippen LogP contribution >= 0.6 is 0 Å². The number of para-hydroxylation sites is 1. The molecule has 0 radical (unpaired) electrons. The van der Waals surface area contributed by atoms with E-state index in [-0.39, 0.29) is 12.0 Å². The highest BCUT2D eigenvalue weighted by Gasteiger charge is 2.16. The van der Waals surface area contributed by atoms with Crippen LogP contribution in [0.4, 0.5) is 0 Å².